The van der Waals surface area contributed by atoms with Gasteiger partial charge in [-0.05, 0) is 36.6 Å². The van der Waals surface area contributed by atoms with E-state index in [9.17, 15) is 14.4 Å². The zero-order chi connectivity index (χ0) is 23.1. The fraction of sp³-hybridized carbons (Fsp3) is 0.321. The largest absolute Gasteiger partial charge is 0.334 e. The summed E-state index contributed by atoms with van der Waals surface area (Å²) >= 11 is 0. The van der Waals surface area contributed by atoms with Gasteiger partial charge in [0, 0.05) is 40.6 Å². The number of benzene rings is 2. The number of hydrogen-bond acceptors (Lipinski definition) is 3. The lowest BCUT2D eigenvalue weighted by molar-refractivity contribution is 0.0682. The SMILES string of the molecule is CC(=O)c1cccc(C(=O)N2CC=C3C(C)(C)C(c4ccc(C=O)cc4)=CC[C@]3(C)C2)c1. The first-order valence-corrected chi connectivity index (χ1v) is 11.0. The van der Waals surface area contributed by atoms with Gasteiger partial charge in [0.1, 0.15) is 6.29 Å². The van der Waals surface area contributed by atoms with Gasteiger partial charge in [-0.15, -0.1) is 0 Å². The maximum Gasteiger partial charge on any atom is 0.254 e. The standard InChI is InChI=1S/C28H29NO3/c1-19(31)22-6-5-7-23(16-22)26(32)29-15-13-25-27(2,3)24(12-14-28(25,4)18-29)21-10-8-20(17-30)9-11-21/h5-13,16-17H,14-15,18H2,1-4H3/t28-/m1/s1. The molecule has 0 fully saturated rings. The van der Waals surface area contributed by atoms with E-state index in [1.54, 1.807) is 24.3 Å². The Morgan fingerprint density at radius 2 is 1.66 bits per heavy atom. The summed E-state index contributed by atoms with van der Waals surface area (Å²) in [7, 11) is 0. The second kappa shape index (κ2) is 8.01. The first kappa shape index (κ1) is 21.9. The molecule has 4 heteroatoms. The lowest BCUT2D eigenvalue weighted by Gasteiger charge is -2.50. The smallest absolute Gasteiger partial charge is 0.254 e. The van der Waals surface area contributed by atoms with Gasteiger partial charge >= 0.3 is 0 Å². The molecule has 4 nitrogen and oxygen atoms in total. The highest BCUT2D eigenvalue weighted by atomic mass is 16.2. The zero-order valence-electron chi connectivity index (χ0n) is 19.1. The monoisotopic (exact) mass is 427 g/mol. The molecule has 2 aromatic carbocycles. The molecule has 2 aliphatic rings. The Balaban J connectivity index is 1.62. The third-order valence-corrected chi connectivity index (χ3v) is 6.97. The van der Waals surface area contributed by atoms with Crippen LogP contribution >= 0.6 is 0 Å². The van der Waals surface area contributed by atoms with Crippen LogP contribution in [0.2, 0.25) is 0 Å². The van der Waals surface area contributed by atoms with Gasteiger partial charge in [0.15, 0.2) is 5.78 Å². The molecule has 164 valence electrons. The first-order valence-electron chi connectivity index (χ1n) is 11.0. The fourth-order valence-electron chi connectivity index (χ4n) is 5.36. The Morgan fingerprint density at radius 1 is 0.969 bits per heavy atom. The van der Waals surface area contributed by atoms with Crippen molar-refractivity contribution in [3.63, 3.8) is 0 Å². The van der Waals surface area contributed by atoms with Crippen molar-refractivity contribution in [2.24, 2.45) is 10.8 Å². The molecule has 0 saturated heterocycles. The Hall–Kier alpha value is -3.27. The van der Waals surface area contributed by atoms with Crippen molar-refractivity contribution in [1.82, 2.24) is 4.90 Å². The Labute approximate surface area is 189 Å². The molecule has 32 heavy (non-hydrogen) atoms. The van der Waals surface area contributed by atoms with E-state index in [1.807, 2.05) is 29.2 Å². The van der Waals surface area contributed by atoms with Gasteiger partial charge in [0.25, 0.3) is 5.91 Å². The number of hydrogen-bond donors (Lipinski definition) is 0. The number of fused-ring (bicyclic) bond motifs is 1. The lowest BCUT2D eigenvalue weighted by atomic mass is 9.58. The number of allylic oxidation sites excluding steroid dienone is 2. The second-order valence-corrected chi connectivity index (χ2v) is 9.69. The second-order valence-electron chi connectivity index (χ2n) is 9.69. The summed E-state index contributed by atoms with van der Waals surface area (Å²) < 4.78 is 0. The minimum Gasteiger partial charge on any atom is -0.334 e. The number of nitrogens with zero attached hydrogens (tertiary/aromatic N) is 1. The van der Waals surface area contributed by atoms with E-state index in [4.69, 9.17) is 0 Å². The molecule has 0 bridgehead atoms. The normalized spacial score (nSPS) is 21.8. The molecular weight excluding hydrogens is 398 g/mol. The molecule has 0 unspecified atom stereocenters. The molecule has 1 aliphatic carbocycles. The predicted octanol–water partition coefficient (Wildman–Crippen LogP) is 5.60. The van der Waals surface area contributed by atoms with Crippen LogP contribution in [0.15, 0.2) is 66.3 Å². The number of ketones is 1. The molecule has 0 aromatic heterocycles. The van der Waals surface area contributed by atoms with Crippen molar-refractivity contribution in [3.05, 3.63) is 88.5 Å². The van der Waals surface area contributed by atoms with Gasteiger partial charge in [-0.2, -0.15) is 0 Å². The van der Waals surface area contributed by atoms with Crippen LogP contribution in [0.4, 0.5) is 0 Å². The number of carbonyl (C=O) groups excluding carboxylic acids is 3. The Bertz CT molecular complexity index is 1150. The molecule has 1 heterocycles. The van der Waals surface area contributed by atoms with Crippen molar-refractivity contribution in [2.75, 3.05) is 13.1 Å². The third-order valence-electron chi connectivity index (χ3n) is 6.97. The maximum atomic E-state index is 13.2. The third kappa shape index (κ3) is 3.75. The van der Waals surface area contributed by atoms with E-state index in [2.05, 4.69) is 32.9 Å². The van der Waals surface area contributed by atoms with Gasteiger partial charge in [0.05, 0.1) is 0 Å². The number of Topliss-reactive ketones (excluding diaryl/α,β-unsaturated/α-hetero) is 1. The summed E-state index contributed by atoms with van der Waals surface area (Å²) in [5.74, 6) is -0.0815. The highest BCUT2D eigenvalue weighted by Gasteiger charge is 2.46. The zero-order valence-corrected chi connectivity index (χ0v) is 19.1. The van der Waals surface area contributed by atoms with Crippen LogP contribution in [0.25, 0.3) is 5.57 Å². The quantitative estimate of drug-likeness (QED) is 0.362. The van der Waals surface area contributed by atoms with Crippen LogP contribution in [0.5, 0.6) is 0 Å². The number of amides is 1. The number of carbonyl (C=O) groups is 3. The van der Waals surface area contributed by atoms with Crippen LogP contribution in [0.3, 0.4) is 0 Å². The van der Waals surface area contributed by atoms with E-state index >= 15 is 0 Å². The summed E-state index contributed by atoms with van der Waals surface area (Å²) in [5, 5.41) is 0. The number of aldehydes is 1. The average molecular weight is 428 g/mol. The molecule has 4 rings (SSSR count). The van der Waals surface area contributed by atoms with Gasteiger partial charge in [-0.25, -0.2) is 0 Å². The Morgan fingerprint density at radius 3 is 2.31 bits per heavy atom. The molecule has 0 N–H and O–H groups in total. The summed E-state index contributed by atoms with van der Waals surface area (Å²) in [6, 6.07) is 14.7. The molecule has 1 atom stereocenters. The van der Waals surface area contributed by atoms with Gasteiger partial charge in [-0.1, -0.05) is 74.9 Å². The number of rotatable bonds is 4. The van der Waals surface area contributed by atoms with Gasteiger partial charge < -0.3 is 4.90 Å². The summed E-state index contributed by atoms with van der Waals surface area (Å²) in [6.45, 7) is 9.41. The lowest BCUT2D eigenvalue weighted by Crippen LogP contribution is -2.48. The maximum absolute atomic E-state index is 13.2. The Kier molecular flexibility index (Phi) is 5.49. The van der Waals surface area contributed by atoms with Crippen LogP contribution in [0, 0.1) is 10.8 Å². The van der Waals surface area contributed by atoms with Crippen LogP contribution in [-0.2, 0) is 0 Å². The highest BCUT2D eigenvalue weighted by Crippen LogP contribution is 2.55. The molecule has 0 spiro atoms. The van der Waals surface area contributed by atoms with Crippen molar-refractivity contribution in [3.8, 4) is 0 Å². The van der Waals surface area contributed by atoms with Crippen LogP contribution < -0.4 is 0 Å². The minimum absolute atomic E-state index is 0.0401. The first-order chi connectivity index (χ1) is 15.2. The molecule has 1 aliphatic heterocycles. The van der Waals surface area contributed by atoms with E-state index in [-0.39, 0.29) is 22.5 Å². The summed E-state index contributed by atoms with van der Waals surface area (Å²) in [5.41, 5.74) is 5.19. The molecule has 2 aromatic rings. The van der Waals surface area contributed by atoms with E-state index in [0.717, 1.165) is 18.3 Å². The predicted molar refractivity (Wildman–Crippen MR) is 127 cm³/mol. The molecule has 1 amide bonds. The van der Waals surface area contributed by atoms with Crippen molar-refractivity contribution in [2.45, 2.75) is 34.1 Å². The molecule has 0 radical (unpaired) electrons. The minimum atomic E-state index is -0.181. The summed E-state index contributed by atoms with van der Waals surface area (Å²) in [4.78, 5) is 37.9. The molecule has 0 saturated carbocycles. The van der Waals surface area contributed by atoms with Crippen molar-refractivity contribution in [1.29, 1.82) is 0 Å². The highest BCUT2D eigenvalue weighted by molar-refractivity contribution is 5.99. The average Bonchev–Trinajstić information content (AvgIpc) is 2.78. The van der Waals surface area contributed by atoms with E-state index in [1.165, 1.54) is 18.1 Å². The topological polar surface area (TPSA) is 54.5 Å². The van der Waals surface area contributed by atoms with Crippen molar-refractivity contribution < 1.29 is 14.4 Å². The van der Waals surface area contributed by atoms with E-state index in [0.29, 0.717) is 29.8 Å². The van der Waals surface area contributed by atoms with Crippen molar-refractivity contribution >= 4 is 23.5 Å². The fourth-order valence-corrected chi connectivity index (χ4v) is 5.36. The summed E-state index contributed by atoms with van der Waals surface area (Å²) in [6.07, 6.45) is 6.20. The van der Waals surface area contributed by atoms with Gasteiger partial charge in [0.2, 0.25) is 0 Å². The van der Waals surface area contributed by atoms with E-state index < -0.39 is 0 Å². The van der Waals surface area contributed by atoms with Crippen LogP contribution in [0.1, 0.15) is 70.8 Å². The molecular formula is C28H29NO3. The van der Waals surface area contributed by atoms with Gasteiger partial charge in [-0.3, -0.25) is 14.4 Å². The van der Waals surface area contributed by atoms with Crippen LogP contribution in [-0.4, -0.2) is 36.0 Å².